The first-order valence-electron chi connectivity index (χ1n) is 11.8. The molecule has 0 fully saturated rings. The van der Waals surface area contributed by atoms with Gasteiger partial charge in [-0.1, -0.05) is 12.1 Å². The molecule has 0 saturated heterocycles. The van der Waals surface area contributed by atoms with Gasteiger partial charge in [-0.25, -0.2) is 0 Å². The molecule has 0 bridgehead atoms. The minimum absolute atomic E-state index is 0.196. The Balaban J connectivity index is 1.54. The van der Waals surface area contributed by atoms with Crippen molar-refractivity contribution in [3.8, 4) is 6.07 Å². The van der Waals surface area contributed by atoms with Crippen LogP contribution < -0.4 is 4.90 Å². The molecule has 4 rings (SSSR count). The maximum Gasteiger partial charge on any atom is 0.304 e. The largest absolute Gasteiger partial charge is 0.370 e. The molecule has 1 aliphatic rings. The van der Waals surface area contributed by atoms with Crippen LogP contribution in [0.15, 0.2) is 64.8 Å². The van der Waals surface area contributed by atoms with Crippen molar-refractivity contribution >= 4 is 40.3 Å². The third kappa shape index (κ3) is 5.16. The number of nitro benzene ring substituents is 2. The number of hydrogen-bond acceptors (Lipinski definition) is 10. The molecule has 0 unspecified atom stereocenters. The number of rotatable bonds is 9. The summed E-state index contributed by atoms with van der Waals surface area (Å²) in [6.07, 6.45) is 0. The summed E-state index contributed by atoms with van der Waals surface area (Å²) in [5.74, 6) is -0.647. The van der Waals surface area contributed by atoms with Crippen LogP contribution >= 0.6 is 0 Å². The van der Waals surface area contributed by atoms with Gasteiger partial charge >= 0.3 is 5.69 Å². The summed E-state index contributed by atoms with van der Waals surface area (Å²) in [6.45, 7) is 4.86. The van der Waals surface area contributed by atoms with E-state index in [1.807, 2.05) is 17.9 Å². The average molecular weight is 527 g/mol. The summed E-state index contributed by atoms with van der Waals surface area (Å²) in [5.41, 5.74) is 0.581. The number of non-ortho nitro benzene ring substituents is 1. The molecule has 0 atom stereocenters. The third-order valence-corrected chi connectivity index (χ3v) is 6.26. The van der Waals surface area contributed by atoms with Gasteiger partial charge in [-0.05, 0) is 49.7 Å². The van der Waals surface area contributed by atoms with Gasteiger partial charge in [-0.2, -0.15) is 5.26 Å². The highest BCUT2D eigenvalue weighted by Crippen LogP contribution is 2.37. The molecule has 13 heteroatoms. The van der Waals surface area contributed by atoms with Crippen molar-refractivity contribution in [3.05, 3.63) is 97.1 Å². The lowest BCUT2D eigenvalue weighted by Crippen LogP contribution is -2.38. The summed E-state index contributed by atoms with van der Waals surface area (Å²) >= 11 is 0. The van der Waals surface area contributed by atoms with Gasteiger partial charge in [0.2, 0.25) is 0 Å². The number of benzene rings is 3. The minimum atomic E-state index is -0.856. The highest BCUT2D eigenvalue weighted by molar-refractivity contribution is 6.21. The van der Waals surface area contributed by atoms with Gasteiger partial charge < -0.3 is 4.90 Å². The van der Waals surface area contributed by atoms with Crippen LogP contribution in [0.4, 0.5) is 28.4 Å². The second kappa shape index (κ2) is 10.9. The molecule has 0 aromatic heterocycles. The zero-order chi connectivity index (χ0) is 28.3. The van der Waals surface area contributed by atoms with Gasteiger partial charge in [0.05, 0.1) is 38.3 Å². The topological polar surface area (TPSA) is 175 Å². The predicted octanol–water partition coefficient (Wildman–Crippen LogP) is 5.22. The summed E-state index contributed by atoms with van der Waals surface area (Å²) in [5, 5.41) is 39.9. The van der Waals surface area contributed by atoms with Crippen LogP contribution in [0, 0.1) is 38.5 Å². The first-order valence-corrected chi connectivity index (χ1v) is 11.8. The summed E-state index contributed by atoms with van der Waals surface area (Å²) < 4.78 is 0. The van der Waals surface area contributed by atoms with E-state index in [0.717, 1.165) is 17.8 Å². The van der Waals surface area contributed by atoms with Gasteiger partial charge in [0.15, 0.2) is 5.69 Å². The van der Waals surface area contributed by atoms with Crippen LogP contribution in [-0.2, 0) is 0 Å². The lowest BCUT2D eigenvalue weighted by Gasteiger charge is -2.26. The Kier molecular flexibility index (Phi) is 7.39. The fourth-order valence-corrected chi connectivity index (χ4v) is 4.22. The Hall–Kier alpha value is -5.51. The molecule has 3 aromatic carbocycles. The normalized spacial score (nSPS) is 12.5. The highest BCUT2D eigenvalue weighted by Gasteiger charge is 2.35. The van der Waals surface area contributed by atoms with Crippen LogP contribution in [0.25, 0.3) is 0 Å². The Morgan fingerprint density at radius 1 is 0.974 bits per heavy atom. The molecule has 1 heterocycles. The predicted molar refractivity (Wildman–Crippen MR) is 140 cm³/mol. The van der Waals surface area contributed by atoms with E-state index in [1.165, 1.54) is 4.90 Å². The molecule has 39 heavy (non-hydrogen) atoms. The molecular weight excluding hydrogens is 506 g/mol. The van der Waals surface area contributed by atoms with Gasteiger partial charge in [0.1, 0.15) is 6.07 Å². The van der Waals surface area contributed by atoms with Crippen molar-refractivity contribution in [2.75, 3.05) is 24.5 Å². The minimum Gasteiger partial charge on any atom is -0.370 e. The van der Waals surface area contributed by atoms with Gasteiger partial charge in [0.25, 0.3) is 17.5 Å². The Morgan fingerprint density at radius 3 is 2.18 bits per heavy atom. The number of amides is 2. The second-order valence-electron chi connectivity index (χ2n) is 8.55. The monoisotopic (exact) mass is 527 g/mol. The first kappa shape index (κ1) is 26.6. The SMILES string of the molecule is CCN(CCN1C(=O)c2ccccc2C1=O)c1ccc(N=Nc2c(C#N)cc([N+](=O)[O-])cc2[N+](=O)[O-])c(C)c1. The summed E-state index contributed by atoms with van der Waals surface area (Å²) in [4.78, 5) is 49.4. The van der Waals surface area contributed by atoms with E-state index < -0.39 is 21.2 Å². The number of nitriles is 1. The zero-order valence-corrected chi connectivity index (χ0v) is 20.9. The van der Waals surface area contributed by atoms with E-state index in [-0.39, 0.29) is 29.6 Å². The van der Waals surface area contributed by atoms with Gasteiger partial charge in [-0.3, -0.25) is 34.7 Å². The number of carbonyl (C=O) groups is 2. The molecule has 1 aliphatic heterocycles. The van der Waals surface area contributed by atoms with Gasteiger partial charge in [-0.15, -0.1) is 10.2 Å². The van der Waals surface area contributed by atoms with Gasteiger partial charge in [0, 0.05) is 31.4 Å². The number of aryl methyl sites for hydroxylation is 1. The second-order valence-corrected chi connectivity index (χ2v) is 8.55. The highest BCUT2D eigenvalue weighted by atomic mass is 16.6. The Labute approximate surface area is 221 Å². The van der Waals surface area contributed by atoms with E-state index in [0.29, 0.717) is 35.5 Å². The lowest BCUT2D eigenvalue weighted by molar-refractivity contribution is -0.393. The molecule has 196 valence electrons. The molecule has 0 spiro atoms. The number of fused-ring (bicyclic) bond motifs is 1. The number of likely N-dealkylation sites (N-methyl/N-ethyl adjacent to an activating group) is 1. The molecule has 0 aliphatic carbocycles. The Bertz CT molecular complexity index is 1560. The summed E-state index contributed by atoms with van der Waals surface area (Å²) in [7, 11) is 0. The maximum atomic E-state index is 12.7. The fourth-order valence-electron chi connectivity index (χ4n) is 4.22. The zero-order valence-electron chi connectivity index (χ0n) is 20.9. The van der Waals surface area contributed by atoms with Crippen molar-refractivity contribution in [1.82, 2.24) is 4.90 Å². The first-order chi connectivity index (χ1) is 18.7. The van der Waals surface area contributed by atoms with Crippen LogP contribution in [0.5, 0.6) is 0 Å². The van der Waals surface area contributed by atoms with Crippen molar-refractivity contribution in [3.63, 3.8) is 0 Å². The number of azo groups is 1. The maximum absolute atomic E-state index is 12.7. The number of hydrogen-bond donors (Lipinski definition) is 0. The third-order valence-electron chi connectivity index (χ3n) is 6.26. The number of anilines is 1. The Morgan fingerprint density at radius 2 is 1.64 bits per heavy atom. The summed E-state index contributed by atoms with van der Waals surface area (Å²) in [6, 6.07) is 15.2. The molecule has 0 radical (unpaired) electrons. The van der Waals surface area contributed by atoms with Crippen molar-refractivity contribution in [1.29, 1.82) is 5.26 Å². The quantitative estimate of drug-likeness (QED) is 0.157. The van der Waals surface area contributed by atoms with E-state index in [4.69, 9.17) is 0 Å². The van der Waals surface area contributed by atoms with Crippen LogP contribution in [0.2, 0.25) is 0 Å². The van der Waals surface area contributed by atoms with E-state index >= 15 is 0 Å². The van der Waals surface area contributed by atoms with Crippen molar-refractivity contribution in [2.45, 2.75) is 13.8 Å². The molecule has 0 saturated carbocycles. The van der Waals surface area contributed by atoms with Crippen molar-refractivity contribution < 1.29 is 19.4 Å². The smallest absolute Gasteiger partial charge is 0.304 e. The van der Waals surface area contributed by atoms with Crippen LogP contribution in [0.1, 0.15) is 38.8 Å². The molecular formula is C26H21N7O6. The number of nitrogens with zero attached hydrogens (tertiary/aromatic N) is 7. The molecule has 13 nitrogen and oxygen atoms in total. The van der Waals surface area contributed by atoms with Crippen LogP contribution in [-0.4, -0.2) is 46.2 Å². The standard InChI is InChI=1S/C26H21N7O6/c1-3-30(10-11-31-25(34)20-6-4-5-7-21(20)26(31)35)18-8-9-22(16(2)12-18)28-29-24-17(15-27)13-19(32(36)37)14-23(24)33(38)39/h4-9,12-14H,3,10-11H2,1-2H3. The average Bonchev–Trinajstić information content (AvgIpc) is 3.17. The van der Waals surface area contributed by atoms with Crippen LogP contribution in [0.3, 0.4) is 0 Å². The molecule has 3 aromatic rings. The number of carbonyl (C=O) groups excluding carboxylic acids is 2. The molecule has 0 N–H and O–H groups in total. The van der Waals surface area contributed by atoms with Crippen molar-refractivity contribution in [2.24, 2.45) is 10.2 Å². The van der Waals surface area contributed by atoms with E-state index in [9.17, 15) is 35.1 Å². The molecule has 2 amide bonds. The lowest BCUT2D eigenvalue weighted by atomic mass is 10.1. The fraction of sp³-hybridized carbons (Fsp3) is 0.192. The van der Waals surface area contributed by atoms with E-state index in [1.54, 1.807) is 49.4 Å². The number of nitro groups is 2. The van der Waals surface area contributed by atoms with E-state index in [2.05, 4.69) is 10.2 Å². The number of imide groups is 1.